The maximum atomic E-state index is 12.7. The summed E-state index contributed by atoms with van der Waals surface area (Å²) in [6.07, 6.45) is -3.72. The van der Waals surface area contributed by atoms with Crippen LogP contribution in [0.15, 0.2) is 24.3 Å². The molecule has 0 aliphatic heterocycles. The predicted octanol–water partition coefficient (Wildman–Crippen LogP) is 3.05. The van der Waals surface area contributed by atoms with Gasteiger partial charge in [-0.05, 0) is 58.3 Å². The molecule has 1 aromatic rings. The van der Waals surface area contributed by atoms with Crippen LogP contribution in [0.1, 0.15) is 35.7 Å². The Kier molecular flexibility index (Phi) is 8.57. The molecule has 1 aromatic carbocycles. The summed E-state index contributed by atoms with van der Waals surface area (Å²) in [6, 6.07) is 4.09. The van der Waals surface area contributed by atoms with Crippen LogP contribution in [0.4, 0.5) is 13.2 Å². The predicted molar refractivity (Wildman–Crippen MR) is 91.8 cm³/mol. The highest BCUT2D eigenvalue weighted by atomic mass is 19.4. The number of amides is 1. The van der Waals surface area contributed by atoms with Crippen LogP contribution in [-0.4, -0.2) is 62.0 Å². The molecule has 0 atom stereocenters. The van der Waals surface area contributed by atoms with Crippen molar-refractivity contribution in [2.45, 2.75) is 25.9 Å². The van der Waals surface area contributed by atoms with Crippen LogP contribution in [0, 0.1) is 0 Å². The topological polar surface area (TPSA) is 49.9 Å². The van der Waals surface area contributed by atoms with E-state index in [1.165, 1.54) is 4.90 Å². The lowest BCUT2D eigenvalue weighted by Crippen LogP contribution is -2.35. The molecule has 0 saturated carbocycles. The van der Waals surface area contributed by atoms with Crippen molar-refractivity contribution in [2.75, 3.05) is 40.3 Å². The van der Waals surface area contributed by atoms with Crippen LogP contribution in [0.3, 0.4) is 0 Å². The molecule has 0 radical (unpaired) electrons. The van der Waals surface area contributed by atoms with Crippen molar-refractivity contribution in [1.82, 2.24) is 9.80 Å². The van der Waals surface area contributed by atoms with Gasteiger partial charge < -0.3 is 14.5 Å². The van der Waals surface area contributed by atoms with E-state index in [4.69, 9.17) is 4.74 Å². The van der Waals surface area contributed by atoms with E-state index >= 15 is 0 Å². The zero-order valence-electron chi connectivity index (χ0n) is 15.3. The Morgan fingerprint density at radius 1 is 1.04 bits per heavy atom. The Morgan fingerprint density at radius 2 is 1.65 bits per heavy atom. The highest BCUT2D eigenvalue weighted by Gasteiger charge is 2.30. The quantitative estimate of drug-likeness (QED) is 0.624. The minimum atomic E-state index is -4.45. The van der Waals surface area contributed by atoms with Crippen LogP contribution in [0.5, 0.6) is 0 Å². The Labute approximate surface area is 151 Å². The summed E-state index contributed by atoms with van der Waals surface area (Å²) in [4.78, 5) is 27.6. The van der Waals surface area contributed by atoms with Crippen molar-refractivity contribution >= 4 is 11.9 Å². The monoisotopic (exact) mass is 374 g/mol. The number of hydrogen-bond donors (Lipinski definition) is 0. The third-order valence-corrected chi connectivity index (χ3v) is 3.67. The first-order valence-electron chi connectivity index (χ1n) is 8.42. The summed E-state index contributed by atoms with van der Waals surface area (Å²) < 4.78 is 42.8. The lowest BCUT2D eigenvalue weighted by atomic mass is 10.1. The highest BCUT2D eigenvalue weighted by molar-refractivity contribution is 5.94. The van der Waals surface area contributed by atoms with Crippen LogP contribution in [0.2, 0.25) is 0 Å². The molecule has 0 bridgehead atoms. The van der Waals surface area contributed by atoms with Gasteiger partial charge in [-0.3, -0.25) is 9.59 Å². The summed E-state index contributed by atoms with van der Waals surface area (Å²) in [5, 5.41) is 0. The molecule has 1 amide bonds. The first kappa shape index (κ1) is 22.0. The fraction of sp³-hybridized carbons (Fsp3) is 0.556. The number of rotatable bonds is 9. The maximum Gasteiger partial charge on any atom is 0.416 e. The van der Waals surface area contributed by atoms with Gasteiger partial charge in [0.1, 0.15) is 0 Å². The molecule has 0 aliphatic rings. The second-order valence-electron chi connectivity index (χ2n) is 6.08. The van der Waals surface area contributed by atoms with E-state index in [1.807, 2.05) is 19.0 Å². The van der Waals surface area contributed by atoms with Gasteiger partial charge in [0.15, 0.2) is 0 Å². The van der Waals surface area contributed by atoms with E-state index in [2.05, 4.69) is 0 Å². The third-order valence-electron chi connectivity index (χ3n) is 3.67. The summed E-state index contributed by atoms with van der Waals surface area (Å²) in [5.41, 5.74) is -0.647. The Hall–Kier alpha value is -2.09. The largest absolute Gasteiger partial charge is 0.466 e. The Bertz CT molecular complexity index is 586. The van der Waals surface area contributed by atoms with Gasteiger partial charge in [0.2, 0.25) is 0 Å². The SMILES string of the molecule is CCOC(=O)CCN(CCCN(C)C)C(=O)c1ccc(C(F)(F)F)cc1. The highest BCUT2D eigenvalue weighted by Crippen LogP contribution is 2.29. The van der Waals surface area contributed by atoms with Crippen molar-refractivity contribution in [3.8, 4) is 0 Å². The number of carbonyl (C=O) groups is 2. The summed E-state index contributed by atoms with van der Waals surface area (Å²) >= 11 is 0. The summed E-state index contributed by atoms with van der Waals surface area (Å²) in [6.45, 7) is 3.26. The lowest BCUT2D eigenvalue weighted by Gasteiger charge is -2.23. The molecular formula is C18H25F3N2O3. The minimum Gasteiger partial charge on any atom is -0.466 e. The van der Waals surface area contributed by atoms with Crippen LogP contribution >= 0.6 is 0 Å². The number of ether oxygens (including phenoxy) is 1. The number of nitrogens with zero attached hydrogens (tertiary/aromatic N) is 2. The van der Waals surface area contributed by atoms with Gasteiger partial charge in [-0.1, -0.05) is 0 Å². The van der Waals surface area contributed by atoms with Gasteiger partial charge >= 0.3 is 12.1 Å². The molecule has 0 N–H and O–H groups in total. The Balaban J connectivity index is 2.82. The number of alkyl halides is 3. The zero-order chi connectivity index (χ0) is 19.7. The van der Waals surface area contributed by atoms with E-state index < -0.39 is 23.6 Å². The van der Waals surface area contributed by atoms with Crippen LogP contribution < -0.4 is 0 Å². The average molecular weight is 374 g/mol. The van der Waals surface area contributed by atoms with Gasteiger partial charge in [-0.2, -0.15) is 13.2 Å². The fourth-order valence-corrected chi connectivity index (χ4v) is 2.34. The van der Waals surface area contributed by atoms with E-state index in [0.29, 0.717) is 13.0 Å². The summed E-state index contributed by atoms with van der Waals surface area (Å²) in [5.74, 6) is -0.813. The van der Waals surface area contributed by atoms with Crippen molar-refractivity contribution in [3.05, 3.63) is 35.4 Å². The molecule has 8 heteroatoms. The van der Waals surface area contributed by atoms with E-state index in [9.17, 15) is 22.8 Å². The standard InChI is InChI=1S/C18H25F3N2O3/c1-4-26-16(24)10-13-23(12-5-11-22(2)3)17(25)14-6-8-15(9-7-14)18(19,20)21/h6-9H,4-5,10-13H2,1-3H3. The molecule has 0 aliphatic carbocycles. The molecule has 5 nitrogen and oxygen atoms in total. The van der Waals surface area contributed by atoms with Crippen molar-refractivity contribution in [2.24, 2.45) is 0 Å². The summed E-state index contributed by atoms with van der Waals surface area (Å²) in [7, 11) is 3.81. The molecule has 0 spiro atoms. The van der Waals surface area contributed by atoms with Gasteiger partial charge in [0.05, 0.1) is 18.6 Å². The second-order valence-corrected chi connectivity index (χ2v) is 6.08. The molecular weight excluding hydrogens is 349 g/mol. The average Bonchev–Trinajstić information content (AvgIpc) is 2.56. The molecule has 0 unspecified atom stereocenters. The van der Waals surface area contributed by atoms with Crippen molar-refractivity contribution in [1.29, 1.82) is 0 Å². The normalized spacial score (nSPS) is 11.5. The van der Waals surface area contributed by atoms with Gasteiger partial charge in [0, 0.05) is 18.7 Å². The first-order valence-corrected chi connectivity index (χ1v) is 8.42. The van der Waals surface area contributed by atoms with E-state index in [1.54, 1.807) is 6.92 Å². The first-order chi connectivity index (χ1) is 12.1. The zero-order valence-corrected chi connectivity index (χ0v) is 15.3. The Morgan fingerprint density at radius 3 is 2.15 bits per heavy atom. The van der Waals surface area contributed by atoms with Crippen LogP contribution in [0.25, 0.3) is 0 Å². The van der Waals surface area contributed by atoms with E-state index in [0.717, 1.165) is 30.8 Å². The fourth-order valence-electron chi connectivity index (χ4n) is 2.34. The third kappa shape index (κ3) is 7.43. The molecule has 26 heavy (non-hydrogen) atoms. The number of esters is 1. The molecule has 0 saturated heterocycles. The maximum absolute atomic E-state index is 12.7. The van der Waals surface area contributed by atoms with Gasteiger partial charge in [-0.25, -0.2) is 0 Å². The lowest BCUT2D eigenvalue weighted by molar-refractivity contribution is -0.143. The molecule has 0 fully saturated rings. The van der Waals surface area contributed by atoms with Gasteiger partial charge in [0.25, 0.3) is 5.91 Å². The number of benzene rings is 1. The second kappa shape index (κ2) is 10.2. The van der Waals surface area contributed by atoms with Gasteiger partial charge in [-0.15, -0.1) is 0 Å². The number of halogens is 3. The van der Waals surface area contributed by atoms with Crippen molar-refractivity contribution in [3.63, 3.8) is 0 Å². The van der Waals surface area contributed by atoms with Crippen LogP contribution in [-0.2, 0) is 15.7 Å². The molecule has 0 aromatic heterocycles. The molecule has 146 valence electrons. The number of hydrogen-bond acceptors (Lipinski definition) is 4. The van der Waals surface area contributed by atoms with Crippen molar-refractivity contribution < 1.29 is 27.5 Å². The molecule has 0 heterocycles. The smallest absolute Gasteiger partial charge is 0.416 e. The number of carbonyl (C=O) groups excluding carboxylic acids is 2. The minimum absolute atomic E-state index is 0.0438. The molecule has 1 rings (SSSR count). The van der Waals surface area contributed by atoms with E-state index in [-0.39, 0.29) is 25.1 Å².